The van der Waals surface area contributed by atoms with E-state index >= 15 is 0 Å². The number of benzene rings is 2. The van der Waals surface area contributed by atoms with Crippen molar-refractivity contribution >= 4 is 29.4 Å². The molecule has 7 nitrogen and oxygen atoms in total. The minimum absolute atomic E-state index is 0.00380. The van der Waals surface area contributed by atoms with Crippen molar-refractivity contribution in [1.29, 1.82) is 0 Å². The molecule has 26 heavy (non-hydrogen) atoms. The summed E-state index contributed by atoms with van der Waals surface area (Å²) in [5, 5.41) is 3.22. The van der Waals surface area contributed by atoms with Crippen LogP contribution in [0.25, 0.3) is 0 Å². The Balaban J connectivity index is 1.82. The predicted octanol–water partition coefficient (Wildman–Crippen LogP) is 1.16. The zero-order valence-corrected chi connectivity index (χ0v) is 14.3. The molecule has 1 heterocycles. The van der Waals surface area contributed by atoms with Gasteiger partial charge in [-0.05, 0) is 24.3 Å². The molecule has 3 rings (SSSR count). The number of aldehydes is 1. The van der Waals surface area contributed by atoms with Crippen molar-refractivity contribution in [3.63, 3.8) is 0 Å². The summed E-state index contributed by atoms with van der Waals surface area (Å²) < 4.78 is 0. The number of hydrogen-bond donors (Lipinski definition) is 3. The van der Waals surface area contributed by atoms with Gasteiger partial charge in [-0.1, -0.05) is 18.2 Å². The summed E-state index contributed by atoms with van der Waals surface area (Å²) in [7, 11) is 0. The van der Waals surface area contributed by atoms with Crippen molar-refractivity contribution in [2.75, 3.05) is 31.9 Å². The number of carbonyl (C=O) groups is 2. The molecule has 1 aliphatic heterocycles. The predicted molar refractivity (Wildman–Crippen MR) is 102 cm³/mol. The number of anilines is 1. The molecule has 1 fully saturated rings. The maximum Gasteiger partial charge on any atom is 0.253 e. The molecule has 2 aromatic rings. The highest BCUT2D eigenvalue weighted by Gasteiger charge is 2.17. The highest BCUT2D eigenvalue weighted by Crippen LogP contribution is 2.26. The normalized spacial score (nSPS) is 14.9. The van der Waals surface area contributed by atoms with Crippen molar-refractivity contribution in [2.24, 2.45) is 10.7 Å². The number of piperazine rings is 1. The molecule has 0 aromatic heterocycles. The van der Waals surface area contributed by atoms with Crippen LogP contribution in [0.4, 0.5) is 11.4 Å². The van der Waals surface area contributed by atoms with Crippen LogP contribution in [0.3, 0.4) is 0 Å². The second kappa shape index (κ2) is 7.79. The lowest BCUT2D eigenvalue weighted by atomic mass is 10.1. The number of carbonyl (C=O) groups excluding carboxylic acids is 2. The Morgan fingerprint density at radius 2 is 1.73 bits per heavy atom. The van der Waals surface area contributed by atoms with Crippen LogP contribution in [0.15, 0.2) is 47.5 Å². The molecule has 1 aliphatic rings. The van der Waals surface area contributed by atoms with E-state index < -0.39 is 0 Å². The van der Waals surface area contributed by atoms with Gasteiger partial charge in [0, 0.05) is 42.9 Å². The Hall–Kier alpha value is -3.19. The number of amides is 1. The van der Waals surface area contributed by atoms with Gasteiger partial charge in [-0.3, -0.25) is 9.59 Å². The number of nitrogens with zero attached hydrogens (tertiary/aromatic N) is 2. The lowest BCUT2D eigenvalue weighted by molar-refractivity contribution is 0.0735. The first kappa shape index (κ1) is 17.6. The first-order chi connectivity index (χ1) is 12.6. The highest BCUT2D eigenvalue weighted by molar-refractivity contribution is 6.02. The highest BCUT2D eigenvalue weighted by atomic mass is 16.2. The average Bonchev–Trinajstić information content (AvgIpc) is 2.69. The third-order valence-electron chi connectivity index (χ3n) is 4.29. The van der Waals surface area contributed by atoms with Crippen molar-refractivity contribution in [3.05, 3.63) is 59.2 Å². The summed E-state index contributed by atoms with van der Waals surface area (Å²) in [4.78, 5) is 29.8. The summed E-state index contributed by atoms with van der Waals surface area (Å²) >= 11 is 0. The molecule has 134 valence electrons. The molecule has 0 radical (unpaired) electrons. The van der Waals surface area contributed by atoms with Gasteiger partial charge in [0.25, 0.3) is 5.91 Å². The van der Waals surface area contributed by atoms with Crippen LogP contribution in [-0.2, 0) is 0 Å². The topological polar surface area (TPSA) is 114 Å². The summed E-state index contributed by atoms with van der Waals surface area (Å²) in [5.74, 6) is 0.233. The number of hydrogen-bond acceptors (Lipinski definition) is 5. The van der Waals surface area contributed by atoms with E-state index in [1.165, 1.54) is 0 Å². The van der Waals surface area contributed by atoms with Gasteiger partial charge in [-0.2, -0.15) is 0 Å². The molecule has 5 N–H and O–H groups in total. The fraction of sp³-hybridized carbons (Fsp3) is 0.211. The molecule has 0 saturated carbocycles. The number of rotatable bonds is 4. The van der Waals surface area contributed by atoms with E-state index in [2.05, 4.69) is 10.3 Å². The molecule has 7 heteroatoms. The SMILES string of the molecule is NC(=Nc1c(N)cccc1C=O)c1ccc(C(=O)N2CCNCC2)cc1. The van der Waals surface area contributed by atoms with Crippen LogP contribution in [0, 0.1) is 0 Å². The quantitative estimate of drug-likeness (QED) is 0.331. The van der Waals surface area contributed by atoms with Gasteiger partial charge < -0.3 is 21.7 Å². The number of para-hydroxylation sites is 1. The molecule has 0 bridgehead atoms. The summed E-state index contributed by atoms with van der Waals surface area (Å²) in [5.41, 5.74) is 14.3. The zero-order chi connectivity index (χ0) is 18.5. The largest absolute Gasteiger partial charge is 0.397 e. The maximum absolute atomic E-state index is 12.5. The summed E-state index contributed by atoms with van der Waals surface area (Å²) in [6.07, 6.45) is 0.692. The number of aliphatic imine (C=N–C) groups is 1. The Labute approximate surface area is 151 Å². The fourth-order valence-corrected chi connectivity index (χ4v) is 2.82. The van der Waals surface area contributed by atoms with Gasteiger partial charge in [-0.15, -0.1) is 0 Å². The monoisotopic (exact) mass is 351 g/mol. The van der Waals surface area contributed by atoms with Crippen molar-refractivity contribution in [3.8, 4) is 0 Å². The first-order valence-corrected chi connectivity index (χ1v) is 8.38. The van der Waals surface area contributed by atoms with Crippen molar-refractivity contribution in [1.82, 2.24) is 10.2 Å². The van der Waals surface area contributed by atoms with Gasteiger partial charge in [0.1, 0.15) is 5.84 Å². The van der Waals surface area contributed by atoms with E-state index in [4.69, 9.17) is 11.5 Å². The molecular weight excluding hydrogens is 330 g/mol. The minimum atomic E-state index is 0.00380. The van der Waals surface area contributed by atoms with Crippen molar-refractivity contribution in [2.45, 2.75) is 0 Å². The molecular formula is C19H21N5O2. The van der Waals surface area contributed by atoms with Gasteiger partial charge in [0.15, 0.2) is 6.29 Å². The molecule has 0 unspecified atom stereocenters. The van der Waals surface area contributed by atoms with Gasteiger partial charge in [0.05, 0.1) is 11.4 Å². The van der Waals surface area contributed by atoms with Crippen LogP contribution in [0.2, 0.25) is 0 Å². The third kappa shape index (κ3) is 3.73. The van der Waals surface area contributed by atoms with E-state index in [1.54, 1.807) is 42.5 Å². The third-order valence-corrected chi connectivity index (χ3v) is 4.29. The van der Waals surface area contributed by atoms with Gasteiger partial charge in [-0.25, -0.2) is 4.99 Å². The van der Waals surface area contributed by atoms with Crippen LogP contribution in [0.5, 0.6) is 0 Å². The summed E-state index contributed by atoms with van der Waals surface area (Å²) in [6.45, 7) is 3.01. The number of nitrogens with two attached hydrogens (primary N) is 2. The number of nitrogens with one attached hydrogen (secondary N) is 1. The van der Waals surface area contributed by atoms with Crippen LogP contribution in [-0.4, -0.2) is 49.1 Å². The minimum Gasteiger partial charge on any atom is -0.397 e. The smallest absolute Gasteiger partial charge is 0.253 e. The van der Waals surface area contributed by atoms with Crippen LogP contribution in [0.1, 0.15) is 26.3 Å². The van der Waals surface area contributed by atoms with E-state index in [0.717, 1.165) is 13.1 Å². The Morgan fingerprint density at radius 3 is 2.38 bits per heavy atom. The molecule has 1 amide bonds. The average molecular weight is 351 g/mol. The molecule has 1 saturated heterocycles. The molecule has 0 spiro atoms. The molecule has 0 aliphatic carbocycles. The Kier molecular flexibility index (Phi) is 5.28. The van der Waals surface area contributed by atoms with Gasteiger partial charge in [0.2, 0.25) is 0 Å². The molecule has 2 aromatic carbocycles. The van der Waals surface area contributed by atoms with E-state index in [-0.39, 0.29) is 11.7 Å². The summed E-state index contributed by atoms with van der Waals surface area (Å²) in [6, 6.07) is 11.9. The van der Waals surface area contributed by atoms with Gasteiger partial charge >= 0.3 is 0 Å². The Morgan fingerprint density at radius 1 is 1.08 bits per heavy atom. The standard InChI is InChI=1S/C19H21N5O2/c20-16-3-1-2-15(12-25)17(16)23-18(21)13-4-6-14(7-5-13)19(26)24-10-8-22-9-11-24/h1-7,12,22H,8-11,20H2,(H2,21,23). The fourth-order valence-electron chi connectivity index (χ4n) is 2.82. The number of amidine groups is 1. The first-order valence-electron chi connectivity index (χ1n) is 8.38. The second-order valence-corrected chi connectivity index (χ2v) is 6.02. The van der Waals surface area contributed by atoms with E-state index in [9.17, 15) is 9.59 Å². The van der Waals surface area contributed by atoms with Crippen LogP contribution < -0.4 is 16.8 Å². The van der Waals surface area contributed by atoms with Crippen molar-refractivity contribution < 1.29 is 9.59 Å². The zero-order valence-electron chi connectivity index (χ0n) is 14.3. The number of nitrogen functional groups attached to an aromatic ring is 1. The van der Waals surface area contributed by atoms with E-state index in [0.29, 0.717) is 47.4 Å². The maximum atomic E-state index is 12.5. The van der Waals surface area contributed by atoms with Crippen LogP contribution >= 0.6 is 0 Å². The van der Waals surface area contributed by atoms with E-state index in [1.807, 2.05) is 4.90 Å². The second-order valence-electron chi connectivity index (χ2n) is 6.02. The lowest BCUT2D eigenvalue weighted by Gasteiger charge is -2.27. The molecule has 0 atom stereocenters. The lowest BCUT2D eigenvalue weighted by Crippen LogP contribution is -2.46. The Bertz CT molecular complexity index is 840.